The van der Waals surface area contributed by atoms with Crippen molar-refractivity contribution >= 4 is 16.8 Å². The number of aromatic nitrogens is 3. The van der Waals surface area contributed by atoms with Gasteiger partial charge in [-0.2, -0.15) is 0 Å². The molecule has 6 heteroatoms. The van der Waals surface area contributed by atoms with Crippen molar-refractivity contribution in [1.29, 1.82) is 0 Å². The molecule has 3 heterocycles. The van der Waals surface area contributed by atoms with Gasteiger partial charge in [0.1, 0.15) is 6.54 Å². The first-order chi connectivity index (χ1) is 12.2. The Hall–Kier alpha value is -2.89. The number of benzene rings is 1. The van der Waals surface area contributed by atoms with E-state index in [-0.39, 0.29) is 24.1 Å². The molecule has 1 aliphatic heterocycles. The highest BCUT2D eigenvalue weighted by Gasteiger charge is 2.29. The Labute approximate surface area is 145 Å². The number of hydrogen-bond acceptors (Lipinski definition) is 3. The van der Waals surface area contributed by atoms with Gasteiger partial charge in [0, 0.05) is 25.0 Å². The SMILES string of the molecule is CC[C@H]1c2cccn2CCN1C(=O)Cn1cnc2ccccc2c1=O. The van der Waals surface area contributed by atoms with Crippen molar-refractivity contribution in [2.45, 2.75) is 32.5 Å². The minimum absolute atomic E-state index is 0.0217. The zero-order chi connectivity index (χ0) is 17.4. The molecule has 1 atom stereocenters. The molecule has 25 heavy (non-hydrogen) atoms. The van der Waals surface area contributed by atoms with Crippen LogP contribution in [0.3, 0.4) is 0 Å². The van der Waals surface area contributed by atoms with Gasteiger partial charge in [-0.1, -0.05) is 19.1 Å². The Morgan fingerprint density at radius 2 is 2.04 bits per heavy atom. The molecule has 1 amide bonds. The second-order valence-corrected chi connectivity index (χ2v) is 6.33. The van der Waals surface area contributed by atoms with Gasteiger partial charge in [0.05, 0.1) is 23.3 Å². The van der Waals surface area contributed by atoms with Crippen molar-refractivity contribution in [3.8, 4) is 0 Å². The van der Waals surface area contributed by atoms with Crippen LogP contribution in [-0.4, -0.2) is 31.5 Å². The average molecular weight is 336 g/mol. The third-order valence-electron chi connectivity index (χ3n) is 4.91. The monoisotopic (exact) mass is 336 g/mol. The summed E-state index contributed by atoms with van der Waals surface area (Å²) in [6.07, 6.45) is 4.37. The lowest BCUT2D eigenvalue weighted by Gasteiger charge is -2.36. The zero-order valence-electron chi connectivity index (χ0n) is 14.1. The van der Waals surface area contributed by atoms with Gasteiger partial charge in [-0.3, -0.25) is 14.2 Å². The third kappa shape index (κ3) is 2.63. The first-order valence-electron chi connectivity index (χ1n) is 8.57. The smallest absolute Gasteiger partial charge is 0.261 e. The maximum absolute atomic E-state index is 12.9. The lowest BCUT2D eigenvalue weighted by atomic mass is 10.1. The lowest BCUT2D eigenvalue weighted by molar-refractivity contribution is -0.135. The summed E-state index contributed by atoms with van der Waals surface area (Å²) in [6, 6.07) is 11.3. The number of fused-ring (bicyclic) bond motifs is 2. The topological polar surface area (TPSA) is 60.1 Å². The fourth-order valence-corrected chi connectivity index (χ4v) is 3.65. The van der Waals surface area contributed by atoms with Crippen molar-refractivity contribution in [3.05, 3.63) is 65.0 Å². The summed E-state index contributed by atoms with van der Waals surface area (Å²) < 4.78 is 3.60. The van der Waals surface area contributed by atoms with Gasteiger partial charge in [0.25, 0.3) is 5.56 Å². The molecule has 0 fully saturated rings. The Bertz CT molecular complexity index is 988. The van der Waals surface area contributed by atoms with Crippen LogP contribution in [0.2, 0.25) is 0 Å². The molecular weight excluding hydrogens is 316 g/mol. The van der Waals surface area contributed by atoms with Crippen LogP contribution in [0.1, 0.15) is 25.1 Å². The number of rotatable bonds is 3. The molecule has 0 saturated heterocycles. The summed E-state index contributed by atoms with van der Waals surface area (Å²) in [5.74, 6) is -0.0431. The summed E-state index contributed by atoms with van der Waals surface area (Å²) in [5.41, 5.74) is 1.64. The molecule has 0 radical (unpaired) electrons. The molecule has 0 unspecified atom stereocenters. The normalized spacial score (nSPS) is 16.8. The van der Waals surface area contributed by atoms with Gasteiger partial charge >= 0.3 is 0 Å². The quantitative estimate of drug-likeness (QED) is 0.737. The molecule has 6 nitrogen and oxygen atoms in total. The van der Waals surface area contributed by atoms with Crippen molar-refractivity contribution in [2.75, 3.05) is 6.54 Å². The van der Waals surface area contributed by atoms with Crippen LogP contribution >= 0.6 is 0 Å². The van der Waals surface area contributed by atoms with Crippen LogP contribution in [0.5, 0.6) is 0 Å². The van der Waals surface area contributed by atoms with Crippen LogP contribution in [-0.2, 0) is 17.9 Å². The number of carbonyl (C=O) groups is 1. The highest BCUT2D eigenvalue weighted by Crippen LogP contribution is 2.28. The number of nitrogens with zero attached hydrogens (tertiary/aromatic N) is 4. The van der Waals surface area contributed by atoms with Crippen LogP contribution < -0.4 is 5.56 Å². The Morgan fingerprint density at radius 1 is 1.20 bits per heavy atom. The van der Waals surface area contributed by atoms with Gasteiger partial charge in [0.15, 0.2) is 0 Å². The fraction of sp³-hybridized carbons (Fsp3) is 0.316. The predicted molar refractivity (Wildman–Crippen MR) is 95.2 cm³/mol. The fourth-order valence-electron chi connectivity index (χ4n) is 3.65. The summed E-state index contributed by atoms with van der Waals surface area (Å²) in [7, 11) is 0. The molecule has 1 aliphatic rings. The molecule has 0 bridgehead atoms. The first kappa shape index (κ1) is 15.6. The minimum Gasteiger partial charge on any atom is -0.348 e. The van der Waals surface area contributed by atoms with E-state index in [4.69, 9.17) is 0 Å². The van der Waals surface area contributed by atoms with Gasteiger partial charge in [0.2, 0.25) is 5.91 Å². The van der Waals surface area contributed by atoms with E-state index < -0.39 is 0 Å². The highest BCUT2D eigenvalue weighted by atomic mass is 16.2. The summed E-state index contributed by atoms with van der Waals surface area (Å²) in [5, 5.41) is 0.539. The molecule has 0 N–H and O–H groups in total. The molecule has 0 saturated carbocycles. The number of carbonyl (C=O) groups excluding carboxylic acids is 1. The van der Waals surface area contributed by atoms with Crippen LogP contribution in [0.15, 0.2) is 53.7 Å². The average Bonchev–Trinajstić information content (AvgIpc) is 3.12. The predicted octanol–water partition coefficient (Wildman–Crippen LogP) is 2.19. The van der Waals surface area contributed by atoms with Crippen LogP contribution in [0, 0.1) is 0 Å². The van der Waals surface area contributed by atoms with E-state index in [1.165, 1.54) is 10.9 Å². The van der Waals surface area contributed by atoms with Gasteiger partial charge in [-0.05, 0) is 30.7 Å². The van der Waals surface area contributed by atoms with E-state index >= 15 is 0 Å². The molecule has 2 aromatic heterocycles. The van der Waals surface area contributed by atoms with Crippen molar-refractivity contribution in [1.82, 2.24) is 19.0 Å². The molecule has 128 valence electrons. The van der Waals surface area contributed by atoms with Crippen molar-refractivity contribution in [2.24, 2.45) is 0 Å². The second kappa shape index (κ2) is 6.20. The molecule has 1 aromatic carbocycles. The summed E-state index contributed by atoms with van der Waals surface area (Å²) >= 11 is 0. The standard InChI is InChI=1S/C19H20N4O2/c1-2-16-17-8-5-9-21(17)10-11-23(16)18(24)12-22-13-20-15-7-4-3-6-14(15)19(22)25/h3-9,13,16H,2,10-12H2,1H3/t16-/m0/s1. The lowest BCUT2D eigenvalue weighted by Crippen LogP contribution is -2.44. The molecular formula is C19H20N4O2. The largest absolute Gasteiger partial charge is 0.348 e. The van der Waals surface area contributed by atoms with Gasteiger partial charge in [-0.25, -0.2) is 4.98 Å². The Morgan fingerprint density at radius 3 is 2.88 bits per heavy atom. The maximum atomic E-state index is 12.9. The maximum Gasteiger partial charge on any atom is 0.261 e. The molecule has 0 spiro atoms. The van der Waals surface area contributed by atoms with Crippen molar-refractivity contribution in [3.63, 3.8) is 0 Å². The highest BCUT2D eigenvalue weighted by molar-refractivity contribution is 5.79. The summed E-state index contributed by atoms with van der Waals surface area (Å²) in [6.45, 7) is 3.55. The number of para-hydroxylation sites is 1. The second-order valence-electron chi connectivity index (χ2n) is 6.33. The van der Waals surface area contributed by atoms with E-state index in [0.29, 0.717) is 17.4 Å². The van der Waals surface area contributed by atoms with E-state index in [1.54, 1.807) is 12.1 Å². The van der Waals surface area contributed by atoms with E-state index in [1.807, 2.05) is 23.1 Å². The number of amides is 1. The molecule has 4 rings (SSSR count). The zero-order valence-corrected chi connectivity index (χ0v) is 14.1. The van der Waals surface area contributed by atoms with Crippen LogP contribution in [0.4, 0.5) is 0 Å². The third-order valence-corrected chi connectivity index (χ3v) is 4.91. The molecule has 3 aromatic rings. The summed E-state index contributed by atoms with van der Waals surface area (Å²) in [4.78, 5) is 31.7. The van der Waals surface area contributed by atoms with Crippen LogP contribution in [0.25, 0.3) is 10.9 Å². The van der Waals surface area contributed by atoms with E-state index in [2.05, 4.69) is 28.7 Å². The first-order valence-corrected chi connectivity index (χ1v) is 8.57. The number of hydrogen-bond donors (Lipinski definition) is 0. The van der Waals surface area contributed by atoms with E-state index in [9.17, 15) is 9.59 Å². The van der Waals surface area contributed by atoms with Gasteiger partial charge in [-0.15, -0.1) is 0 Å². The van der Waals surface area contributed by atoms with Crippen molar-refractivity contribution < 1.29 is 4.79 Å². The molecule has 0 aliphatic carbocycles. The Kier molecular flexibility index (Phi) is 3.87. The Balaban J connectivity index is 1.62. The minimum atomic E-state index is -0.174. The van der Waals surface area contributed by atoms with Gasteiger partial charge < -0.3 is 9.47 Å². The van der Waals surface area contributed by atoms with E-state index in [0.717, 1.165) is 18.7 Å².